The predicted octanol–water partition coefficient (Wildman–Crippen LogP) is 13.6. The molecule has 8 fully saturated rings. The molecule has 0 saturated heterocycles. The van der Waals surface area contributed by atoms with Crippen molar-refractivity contribution in [2.24, 2.45) is 23.7 Å². The van der Waals surface area contributed by atoms with E-state index >= 15 is 0 Å². The lowest BCUT2D eigenvalue weighted by molar-refractivity contribution is -0.164. The lowest BCUT2D eigenvalue weighted by Gasteiger charge is -2.46. The van der Waals surface area contributed by atoms with Crippen LogP contribution in [0.2, 0.25) is 0 Å². The van der Waals surface area contributed by atoms with E-state index in [2.05, 4.69) is 78.7 Å². The third kappa shape index (κ3) is 17.6. The minimum atomic E-state index is -3.13. The fourth-order valence-corrected chi connectivity index (χ4v) is 22.8. The molecule has 0 radical (unpaired) electrons. The Balaban J connectivity index is 0.000000123. The van der Waals surface area contributed by atoms with E-state index in [1.54, 1.807) is 110 Å². The molecular formula is C101H97F12N19O14. The van der Waals surface area contributed by atoms with Crippen LogP contribution >= 0.6 is 0 Å². The monoisotopic (exact) mass is 2030 g/mol. The molecule has 4 aliphatic heterocycles. The zero-order valence-corrected chi connectivity index (χ0v) is 80.1. The van der Waals surface area contributed by atoms with E-state index in [1.807, 2.05) is 0 Å². The number of hydrogen-bond acceptors (Lipinski definition) is 18. The summed E-state index contributed by atoms with van der Waals surface area (Å²) in [5.41, 5.74) is 1.18. The molecule has 22 rings (SSSR count). The van der Waals surface area contributed by atoms with Gasteiger partial charge in [-0.05, 0) is 223 Å². The Labute approximate surface area is 822 Å². The number of carbonyl (C=O) groups excluding carboxylic acids is 14. The molecule has 8 aliphatic carbocycles. The number of fused-ring (bicyclic) bond motifs is 12. The quantitative estimate of drug-likeness (QED) is 0.0144. The lowest BCUT2D eigenvalue weighted by Crippen LogP contribution is -2.69. The van der Waals surface area contributed by atoms with Crippen LogP contribution in [0, 0.1) is 102 Å². The van der Waals surface area contributed by atoms with Gasteiger partial charge in [0.05, 0.1) is 68.5 Å². The number of aryl methyl sites for hydroxylation is 4. The molecule has 45 heteroatoms. The standard InChI is InChI=1S/C26H26F3N3O4.2C25H23F3N6O3.C25H25F3N4O4/c1-4-19(33)25(10-26(28,29)11-25)31-24(36)22(34)21-13(3)20(18-8-14-7-17(14)32(18)21)23(35)30-15-6-5-12(2)16(27)9-15;2*1-11-3-4-14(7-15(11)26)30-22(36)19-12(2)20(34-16-5-13(16)6-17(19)34)21(35)23(37)31-24(9-25(27,28)10-24)18-8-29-33-32-18;1-11-4-5-14(8-15(11)26)30-21(34)18-12(2)19(32-16-6-13(16)7-17(18)32)20(33)22(35)31-24(23(36)29-3)9-25(27,28)10-24/h5-6,9,14,17H,4,7-8,10-11H2,1-3H3,(H,30,35)(H,31,36);2*3-4,7-8,13,16H,5-6,9-10H2,1-2H3,(H,30,36)(H,31,37)(H,29,32,33);4-5,8,13,16H,6-7,9-10H2,1-3H3,(H,29,36)(H,30,34)(H,31,35)/t14-,17-;3*13-,16-/m1100/s1. The fraction of sp³-hybridized carbons (Fsp3) is 0.426. The van der Waals surface area contributed by atoms with E-state index in [4.69, 9.17) is 0 Å². The van der Waals surface area contributed by atoms with E-state index in [-0.39, 0.29) is 145 Å². The zero-order valence-electron chi connectivity index (χ0n) is 80.1. The summed E-state index contributed by atoms with van der Waals surface area (Å²) in [6.07, 6.45) is 1.57. The second-order valence-corrected chi connectivity index (χ2v) is 40.8. The van der Waals surface area contributed by atoms with Crippen LogP contribution in [0.25, 0.3) is 0 Å². The zero-order chi connectivity index (χ0) is 105. The Morgan fingerprint density at radius 1 is 0.356 bits per heavy atom. The number of rotatable bonds is 25. The number of amides is 9. The Morgan fingerprint density at radius 3 is 0.829 bits per heavy atom. The highest BCUT2D eigenvalue weighted by Gasteiger charge is 2.66. The Bertz CT molecular complexity index is 6900. The van der Waals surface area contributed by atoms with Crippen LogP contribution in [0.1, 0.15) is 277 Å². The topological polar surface area (TPSA) is 450 Å². The van der Waals surface area contributed by atoms with Crippen LogP contribution in [0.5, 0.6) is 0 Å². The molecule has 0 spiro atoms. The average molecular weight is 2030 g/mol. The van der Waals surface area contributed by atoms with Crippen LogP contribution in [0.15, 0.2) is 85.2 Å². The second kappa shape index (κ2) is 35.5. The van der Waals surface area contributed by atoms with Crippen molar-refractivity contribution in [2.75, 3.05) is 28.3 Å². The first kappa shape index (κ1) is 99.7. The highest BCUT2D eigenvalue weighted by atomic mass is 19.3. The van der Waals surface area contributed by atoms with Gasteiger partial charge in [0.1, 0.15) is 45.7 Å². The number of nitrogens with one attached hydrogen (secondary N) is 11. The molecular weight excluding hydrogens is 1930 g/mol. The predicted molar refractivity (Wildman–Crippen MR) is 494 cm³/mol. The third-order valence-electron chi connectivity index (χ3n) is 30.4. The number of alkyl halides is 8. The van der Waals surface area contributed by atoms with Gasteiger partial charge in [0.25, 0.3) is 94.1 Å². The van der Waals surface area contributed by atoms with Crippen molar-refractivity contribution >= 4 is 105 Å². The number of H-pyrrole nitrogens is 2. The summed E-state index contributed by atoms with van der Waals surface area (Å²) in [4.78, 5) is 183. The molecule has 12 aliphatic rings. The maximum atomic E-state index is 14.0. The first-order valence-electron chi connectivity index (χ1n) is 47.4. The van der Waals surface area contributed by atoms with Gasteiger partial charge in [-0.15, -0.1) is 0 Å². The normalized spacial score (nSPS) is 22.0. The Kier molecular flexibility index (Phi) is 24.2. The number of aromatic nitrogens is 10. The van der Waals surface area contributed by atoms with Crippen LogP contribution in [-0.4, -0.2) is 173 Å². The van der Waals surface area contributed by atoms with Crippen molar-refractivity contribution < 1.29 is 120 Å². The molecule has 33 nitrogen and oxygen atoms in total. The maximum absolute atomic E-state index is 14.0. The molecule has 0 bridgehead atoms. The summed E-state index contributed by atoms with van der Waals surface area (Å²) in [6, 6.07) is 17.2. The number of ketones is 5. The van der Waals surface area contributed by atoms with Crippen molar-refractivity contribution in [3.05, 3.63) is 232 Å². The summed E-state index contributed by atoms with van der Waals surface area (Å²) in [7, 11) is 1.26. The van der Waals surface area contributed by atoms with Crippen molar-refractivity contribution in [3.8, 4) is 0 Å². The third-order valence-corrected chi connectivity index (χ3v) is 30.4. The average Bonchev–Trinajstić information content (AvgIpc) is 1.55. The molecule has 146 heavy (non-hydrogen) atoms. The molecule has 6 aromatic heterocycles. The van der Waals surface area contributed by atoms with Gasteiger partial charge in [-0.3, -0.25) is 67.1 Å². The molecule has 4 aromatic carbocycles. The number of anilines is 4. The van der Waals surface area contributed by atoms with E-state index in [0.29, 0.717) is 81.8 Å². The summed E-state index contributed by atoms with van der Waals surface area (Å²) in [5.74, 6) is -24.8. The lowest BCUT2D eigenvalue weighted by atomic mass is 9.69. The van der Waals surface area contributed by atoms with E-state index in [1.165, 1.54) is 62.8 Å². The summed E-state index contributed by atoms with van der Waals surface area (Å²) < 4.78 is 173. The molecule has 10 heterocycles. The highest BCUT2D eigenvalue weighted by molar-refractivity contribution is 6.45. The van der Waals surface area contributed by atoms with Gasteiger partial charge in [0.15, 0.2) is 5.78 Å². The van der Waals surface area contributed by atoms with Crippen molar-refractivity contribution in [2.45, 2.75) is 241 Å². The van der Waals surface area contributed by atoms with Crippen LogP contribution in [-0.2, 0) is 65.5 Å². The van der Waals surface area contributed by atoms with Gasteiger partial charge in [-0.25, -0.2) is 52.7 Å². The first-order chi connectivity index (χ1) is 68.7. The van der Waals surface area contributed by atoms with Gasteiger partial charge in [-0.2, -0.15) is 30.8 Å². The summed E-state index contributed by atoms with van der Waals surface area (Å²) in [6.45, 7) is 14.2. The Hall–Kier alpha value is -15.0. The summed E-state index contributed by atoms with van der Waals surface area (Å²) >= 11 is 0. The van der Waals surface area contributed by atoms with Gasteiger partial charge >= 0.3 is 0 Å². The molecule has 10 aromatic rings. The van der Waals surface area contributed by atoms with E-state index in [0.717, 1.165) is 25.7 Å². The molecule has 8 atom stereocenters. The minimum Gasteiger partial charge on any atom is -0.357 e. The number of nitrogens with zero attached hydrogens (tertiary/aromatic N) is 8. The number of carbonyl (C=O) groups is 14. The van der Waals surface area contributed by atoms with Crippen molar-refractivity contribution in [1.29, 1.82) is 0 Å². The molecule has 9 amide bonds. The number of hydrogen-bond donors (Lipinski definition) is 11. The molecule has 0 unspecified atom stereocenters. The minimum absolute atomic E-state index is 0.00337. The number of Topliss-reactive ketones (excluding diaryl/α,β-unsaturated/α-hetero) is 5. The highest BCUT2D eigenvalue weighted by Crippen LogP contribution is 2.60. The second-order valence-electron chi connectivity index (χ2n) is 40.8. The first-order valence-corrected chi connectivity index (χ1v) is 47.4. The maximum Gasteiger partial charge on any atom is 0.294 e. The van der Waals surface area contributed by atoms with Gasteiger partial charge in [-0.1, -0.05) is 31.2 Å². The van der Waals surface area contributed by atoms with Crippen LogP contribution in [0.4, 0.5) is 75.4 Å². The van der Waals surface area contributed by atoms with Crippen molar-refractivity contribution in [1.82, 2.24) is 75.7 Å². The van der Waals surface area contributed by atoms with Crippen LogP contribution < -0.4 is 47.9 Å². The van der Waals surface area contributed by atoms with Gasteiger partial charge in [0.2, 0.25) is 5.91 Å². The molecule has 11 N–H and O–H groups in total. The number of likely N-dealkylation sites (N-methyl/N-ethyl adjacent to an activating group) is 1. The van der Waals surface area contributed by atoms with Crippen LogP contribution in [0.3, 0.4) is 0 Å². The largest absolute Gasteiger partial charge is 0.357 e. The smallest absolute Gasteiger partial charge is 0.294 e. The van der Waals surface area contributed by atoms with Crippen molar-refractivity contribution in [3.63, 3.8) is 0 Å². The Morgan fingerprint density at radius 2 is 0.603 bits per heavy atom. The van der Waals surface area contributed by atoms with E-state index in [9.17, 15) is 120 Å². The molecule has 764 valence electrons. The number of benzene rings is 4. The SMILES string of the molecule is CCC(=O)C1(NC(=O)C(=O)c2c(C)c(C(=O)Nc3ccc(C)c(F)c3)c3n2[C@@H]2C[C@@H]2C3)CC(F)(F)C1.CNC(=O)C1(NC(=O)C(=O)c2c(C)c(C(=O)Nc3ccc(C)c(F)c3)c3n2[C@H]2C[C@H]2C3)CC(F)(F)C1.Cc1ccc(NC(=O)c2c(C)c(C(=O)C(=O)NC3(c4cn[nH]n4)CC(F)(F)C3)n3c2C[C@@H]2C[C@@H]23)cc1F.Cc1ccc(NC(=O)c2c(C)c(C(=O)C(=O)NC3(c4cn[nH]n4)CC(F)(F)C3)n3c2C[C@H]2C[C@H]23)cc1F. The fourth-order valence-electron chi connectivity index (χ4n) is 22.8. The summed E-state index contributed by atoms with van der Waals surface area (Å²) in [5, 5.41) is 42.1. The number of aromatic amines is 2. The van der Waals surface area contributed by atoms with Gasteiger partial charge in [0, 0.05) is 135 Å². The van der Waals surface area contributed by atoms with Gasteiger partial charge < -0.3 is 66.1 Å². The van der Waals surface area contributed by atoms with E-state index < -0.39 is 203 Å². The number of halogens is 12. The molecule has 8 saturated carbocycles.